The molecule has 2 N–H and O–H groups in total. The number of hydrogen-bond donors (Lipinski definition) is 2. The van der Waals surface area contributed by atoms with Gasteiger partial charge in [0, 0.05) is 5.69 Å². The van der Waals surface area contributed by atoms with Crippen molar-refractivity contribution in [2.45, 2.75) is 31.4 Å². The average molecular weight is 269 g/mol. The molecule has 0 amide bonds. The van der Waals surface area contributed by atoms with Crippen LogP contribution in [0.1, 0.15) is 19.3 Å². The fraction of sp³-hybridized carbons (Fsp3) is 0.294. The molecule has 1 fully saturated rings. The van der Waals surface area contributed by atoms with Gasteiger partial charge in [0.2, 0.25) is 0 Å². The molecule has 104 valence electrons. The molecule has 1 aliphatic rings. The fourth-order valence-electron chi connectivity index (χ4n) is 2.57. The Morgan fingerprint density at radius 1 is 0.900 bits per heavy atom. The van der Waals surface area contributed by atoms with Crippen LogP contribution in [0.3, 0.4) is 0 Å². The molecule has 0 unspecified atom stereocenters. The van der Waals surface area contributed by atoms with E-state index in [1.165, 1.54) is 0 Å². The van der Waals surface area contributed by atoms with Crippen molar-refractivity contribution in [3.63, 3.8) is 0 Å². The Labute approximate surface area is 119 Å². The van der Waals surface area contributed by atoms with E-state index in [1.54, 1.807) is 0 Å². The van der Waals surface area contributed by atoms with Crippen molar-refractivity contribution in [3.05, 3.63) is 54.6 Å². The van der Waals surface area contributed by atoms with Crippen LogP contribution in [0, 0.1) is 0 Å². The van der Waals surface area contributed by atoms with E-state index in [9.17, 15) is 5.11 Å². The largest absolute Gasteiger partial charge is 0.457 e. The second-order valence-corrected chi connectivity index (χ2v) is 5.19. The Morgan fingerprint density at radius 2 is 1.60 bits per heavy atom. The molecule has 0 aromatic heterocycles. The number of aliphatic hydroxyl groups excluding tert-OH is 1. The molecule has 1 aliphatic carbocycles. The lowest BCUT2D eigenvalue weighted by Gasteiger charge is -2.18. The third kappa shape index (κ3) is 3.11. The summed E-state index contributed by atoms with van der Waals surface area (Å²) in [6.07, 6.45) is 2.79. The first-order valence-corrected chi connectivity index (χ1v) is 7.09. The summed E-state index contributed by atoms with van der Waals surface area (Å²) in [5, 5.41) is 13.2. The molecule has 2 aromatic carbocycles. The number of hydrogen-bond acceptors (Lipinski definition) is 3. The predicted octanol–water partition coefficient (Wildman–Crippen LogP) is 3.80. The Balaban J connectivity index is 1.62. The third-order valence-electron chi connectivity index (χ3n) is 3.66. The van der Waals surface area contributed by atoms with E-state index in [0.717, 1.165) is 36.4 Å². The molecule has 0 spiro atoms. The van der Waals surface area contributed by atoms with Gasteiger partial charge in [-0.15, -0.1) is 0 Å². The quantitative estimate of drug-likeness (QED) is 0.887. The Hall–Kier alpha value is -2.00. The zero-order chi connectivity index (χ0) is 13.8. The van der Waals surface area contributed by atoms with Crippen molar-refractivity contribution in [2.75, 3.05) is 5.32 Å². The van der Waals surface area contributed by atoms with E-state index in [4.69, 9.17) is 4.74 Å². The molecule has 0 heterocycles. The molecule has 0 saturated heterocycles. The van der Waals surface area contributed by atoms with Crippen LogP contribution in [0.25, 0.3) is 0 Å². The van der Waals surface area contributed by atoms with Gasteiger partial charge in [-0.3, -0.25) is 0 Å². The van der Waals surface area contributed by atoms with Crippen molar-refractivity contribution in [2.24, 2.45) is 0 Å². The highest BCUT2D eigenvalue weighted by molar-refractivity contribution is 5.48. The van der Waals surface area contributed by atoms with Crippen LogP contribution in [-0.2, 0) is 0 Å². The van der Waals surface area contributed by atoms with E-state index < -0.39 is 0 Å². The summed E-state index contributed by atoms with van der Waals surface area (Å²) in [5.41, 5.74) is 1.02. The monoisotopic (exact) mass is 269 g/mol. The number of ether oxygens (including phenoxy) is 1. The van der Waals surface area contributed by atoms with Crippen LogP contribution < -0.4 is 10.1 Å². The van der Waals surface area contributed by atoms with Crippen molar-refractivity contribution >= 4 is 5.69 Å². The second kappa shape index (κ2) is 5.97. The highest BCUT2D eigenvalue weighted by atomic mass is 16.5. The smallest absolute Gasteiger partial charge is 0.127 e. The van der Waals surface area contributed by atoms with Gasteiger partial charge < -0.3 is 15.2 Å². The number of nitrogens with one attached hydrogen (secondary N) is 1. The first-order valence-electron chi connectivity index (χ1n) is 7.09. The fourth-order valence-corrected chi connectivity index (χ4v) is 2.57. The summed E-state index contributed by atoms with van der Waals surface area (Å²) in [6.45, 7) is 0. The molecule has 0 aliphatic heterocycles. The lowest BCUT2D eigenvalue weighted by Crippen LogP contribution is -2.27. The standard InChI is InChI=1S/C17H19NO2/c19-17-8-4-7-16(17)18-13-9-11-15(12-10-13)20-14-5-2-1-3-6-14/h1-3,5-6,9-12,16-19H,4,7-8H2/t16-,17-/m0/s1. The van der Waals surface area contributed by atoms with E-state index in [0.29, 0.717) is 0 Å². The van der Waals surface area contributed by atoms with Crippen molar-refractivity contribution in [3.8, 4) is 11.5 Å². The van der Waals surface area contributed by atoms with Gasteiger partial charge in [0.15, 0.2) is 0 Å². The summed E-state index contributed by atoms with van der Waals surface area (Å²) in [4.78, 5) is 0. The predicted molar refractivity (Wildman–Crippen MR) is 80.2 cm³/mol. The van der Waals surface area contributed by atoms with Crippen LogP contribution in [0.2, 0.25) is 0 Å². The number of aliphatic hydroxyl groups is 1. The second-order valence-electron chi connectivity index (χ2n) is 5.19. The maximum absolute atomic E-state index is 9.81. The number of rotatable bonds is 4. The normalized spacial score (nSPS) is 21.6. The molecule has 20 heavy (non-hydrogen) atoms. The van der Waals surface area contributed by atoms with E-state index >= 15 is 0 Å². The van der Waals surface area contributed by atoms with Crippen LogP contribution in [-0.4, -0.2) is 17.3 Å². The number of para-hydroxylation sites is 1. The summed E-state index contributed by atoms with van der Waals surface area (Å²) in [6, 6.07) is 17.8. The summed E-state index contributed by atoms with van der Waals surface area (Å²) < 4.78 is 5.75. The summed E-state index contributed by atoms with van der Waals surface area (Å²) in [5.74, 6) is 1.65. The lowest BCUT2D eigenvalue weighted by atomic mass is 10.2. The maximum atomic E-state index is 9.81. The topological polar surface area (TPSA) is 41.5 Å². The Bertz CT molecular complexity index is 539. The molecular weight excluding hydrogens is 250 g/mol. The van der Waals surface area contributed by atoms with E-state index in [2.05, 4.69) is 5.32 Å². The zero-order valence-corrected chi connectivity index (χ0v) is 11.3. The minimum absolute atomic E-state index is 0.177. The molecule has 0 radical (unpaired) electrons. The Morgan fingerprint density at radius 3 is 2.25 bits per heavy atom. The van der Waals surface area contributed by atoms with Crippen molar-refractivity contribution in [1.29, 1.82) is 0 Å². The van der Waals surface area contributed by atoms with Crippen molar-refractivity contribution in [1.82, 2.24) is 0 Å². The lowest BCUT2D eigenvalue weighted by molar-refractivity contribution is 0.172. The molecule has 3 rings (SSSR count). The average Bonchev–Trinajstić information content (AvgIpc) is 2.88. The molecule has 2 atom stereocenters. The minimum Gasteiger partial charge on any atom is -0.457 e. The van der Waals surface area contributed by atoms with E-state index in [1.807, 2.05) is 54.6 Å². The van der Waals surface area contributed by atoms with Crippen LogP contribution in [0.5, 0.6) is 11.5 Å². The Kier molecular flexibility index (Phi) is 3.88. The van der Waals surface area contributed by atoms with Crippen LogP contribution in [0.4, 0.5) is 5.69 Å². The number of anilines is 1. The van der Waals surface area contributed by atoms with Crippen molar-refractivity contribution < 1.29 is 9.84 Å². The molecule has 1 saturated carbocycles. The molecule has 3 heteroatoms. The van der Waals surface area contributed by atoms with Gasteiger partial charge in [-0.25, -0.2) is 0 Å². The molecule has 0 bridgehead atoms. The van der Waals surface area contributed by atoms with Gasteiger partial charge in [-0.05, 0) is 55.7 Å². The zero-order valence-electron chi connectivity index (χ0n) is 11.3. The van der Waals surface area contributed by atoms with Gasteiger partial charge >= 0.3 is 0 Å². The van der Waals surface area contributed by atoms with Crippen LogP contribution in [0.15, 0.2) is 54.6 Å². The number of benzene rings is 2. The first kappa shape index (κ1) is 13.0. The minimum atomic E-state index is -0.227. The van der Waals surface area contributed by atoms with Gasteiger partial charge in [0.1, 0.15) is 11.5 Å². The highest BCUT2D eigenvalue weighted by Gasteiger charge is 2.24. The first-order chi connectivity index (χ1) is 9.81. The SMILES string of the molecule is O[C@H]1CCC[C@@H]1Nc1ccc(Oc2ccccc2)cc1. The summed E-state index contributed by atoms with van der Waals surface area (Å²) in [7, 11) is 0. The van der Waals surface area contributed by atoms with Gasteiger partial charge in [0.05, 0.1) is 12.1 Å². The van der Waals surface area contributed by atoms with Gasteiger partial charge in [-0.2, -0.15) is 0 Å². The maximum Gasteiger partial charge on any atom is 0.127 e. The highest BCUT2D eigenvalue weighted by Crippen LogP contribution is 2.26. The molecular formula is C17H19NO2. The molecule has 3 nitrogen and oxygen atoms in total. The molecule has 2 aromatic rings. The van der Waals surface area contributed by atoms with Gasteiger partial charge in [-0.1, -0.05) is 18.2 Å². The third-order valence-corrected chi connectivity index (χ3v) is 3.66. The van der Waals surface area contributed by atoms with Crippen LogP contribution >= 0.6 is 0 Å². The summed E-state index contributed by atoms with van der Waals surface area (Å²) >= 11 is 0. The van der Waals surface area contributed by atoms with E-state index in [-0.39, 0.29) is 12.1 Å². The van der Waals surface area contributed by atoms with Gasteiger partial charge in [0.25, 0.3) is 0 Å².